The molecule has 2 rings (SSSR count). The first-order valence-electron chi connectivity index (χ1n) is 7.00. The number of nitriles is 1. The highest BCUT2D eigenvalue weighted by atomic mass is 15.2. The van der Waals surface area contributed by atoms with Crippen molar-refractivity contribution in [3.05, 3.63) is 53.2 Å². The standard InChI is InChI=1S/C17H20N4/c1-12(2)21(11-15-6-4-5-7-16(15)19)17-9-14(10-18)8-13(3)20-17/h4-9,12H,11,19H2,1-3H3. The summed E-state index contributed by atoms with van der Waals surface area (Å²) in [5, 5.41) is 9.12. The molecule has 0 aliphatic rings. The maximum Gasteiger partial charge on any atom is 0.130 e. The quantitative estimate of drug-likeness (QED) is 0.873. The molecule has 0 spiro atoms. The van der Waals surface area contributed by atoms with Crippen LogP contribution in [0.1, 0.15) is 30.7 Å². The lowest BCUT2D eigenvalue weighted by Crippen LogP contribution is -2.31. The maximum atomic E-state index is 9.12. The minimum atomic E-state index is 0.255. The lowest BCUT2D eigenvalue weighted by molar-refractivity contribution is 0.672. The largest absolute Gasteiger partial charge is 0.398 e. The van der Waals surface area contributed by atoms with E-state index in [9.17, 15) is 0 Å². The Bertz CT molecular complexity index is 671. The molecule has 0 aliphatic carbocycles. The first kappa shape index (κ1) is 14.9. The van der Waals surface area contributed by atoms with Crippen LogP contribution < -0.4 is 10.6 Å². The topological polar surface area (TPSA) is 65.9 Å². The Morgan fingerprint density at radius 2 is 2.00 bits per heavy atom. The van der Waals surface area contributed by atoms with Gasteiger partial charge in [-0.2, -0.15) is 5.26 Å². The zero-order valence-corrected chi connectivity index (χ0v) is 12.7. The Kier molecular flexibility index (Phi) is 4.44. The van der Waals surface area contributed by atoms with Crippen LogP contribution in [0.3, 0.4) is 0 Å². The highest BCUT2D eigenvalue weighted by Crippen LogP contribution is 2.22. The van der Waals surface area contributed by atoms with E-state index in [0.717, 1.165) is 22.8 Å². The van der Waals surface area contributed by atoms with Crippen LogP contribution in [0, 0.1) is 18.3 Å². The molecular weight excluding hydrogens is 260 g/mol. The monoisotopic (exact) mass is 280 g/mol. The molecule has 0 radical (unpaired) electrons. The van der Waals surface area contributed by atoms with Gasteiger partial charge in [0, 0.05) is 24.0 Å². The second-order valence-corrected chi connectivity index (χ2v) is 5.39. The van der Waals surface area contributed by atoms with Crippen molar-refractivity contribution in [2.24, 2.45) is 0 Å². The number of aromatic nitrogens is 1. The van der Waals surface area contributed by atoms with Gasteiger partial charge in [-0.25, -0.2) is 4.98 Å². The molecule has 0 bridgehead atoms. The fraction of sp³-hybridized carbons (Fsp3) is 0.294. The van der Waals surface area contributed by atoms with Crippen molar-refractivity contribution >= 4 is 11.5 Å². The van der Waals surface area contributed by atoms with Gasteiger partial charge in [-0.05, 0) is 44.5 Å². The summed E-state index contributed by atoms with van der Waals surface area (Å²) in [4.78, 5) is 6.72. The van der Waals surface area contributed by atoms with Crippen molar-refractivity contribution in [3.8, 4) is 6.07 Å². The number of nitrogens with zero attached hydrogens (tertiary/aromatic N) is 3. The van der Waals surface area contributed by atoms with Crippen LogP contribution >= 0.6 is 0 Å². The molecule has 4 heteroatoms. The van der Waals surface area contributed by atoms with Gasteiger partial charge in [-0.3, -0.25) is 0 Å². The van der Waals surface area contributed by atoms with Gasteiger partial charge >= 0.3 is 0 Å². The number of hydrogen-bond acceptors (Lipinski definition) is 4. The summed E-state index contributed by atoms with van der Waals surface area (Å²) in [6.07, 6.45) is 0. The summed E-state index contributed by atoms with van der Waals surface area (Å²) in [7, 11) is 0. The van der Waals surface area contributed by atoms with E-state index in [1.54, 1.807) is 6.07 Å². The van der Waals surface area contributed by atoms with Gasteiger partial charge in [0.1, 0.15) is 5.82 Å². The van der Waals surface area contributed by atoms with Crippen molar-refractivity contribution in [2.75, 3.05) is 10.6 Å². The second kappa shape index (κ2) is 6.27. The third kappa shape index (κ3) is 3.51. The summed E-state index contributed by atoms with van der Waals surface area (Å²) >= 11 is 0. The van der Waals surface area contributed by atoms with Crippen molar-refractivity contribution in [3.63, 3.8) is 0 Å². The number of rotatable bonds is 4. The molecule has 21 heavy (non-hydrogen) atoms. The van der Waals surface area contributed by atoms with Gasteiger partial charge in [-0.1, -0.05) is 18.2 Å². The molecule has 2 N–H and O–H groups in total. The van der Waals surface area contributed by atoms with E-state index < -0.39 is 0 Å². The SMILES string of the molecule is Cc1cc(C#N)cc(N(Cc2ccccc2N)C(C)C)n1. The number of hydrogen-bond donors (Lipinski definition) is 1. The number of pyridine rings is 1. The molecule has 0 fully saturated rings. The van der Waals surface area contributed by atoms with Crippen LogP contribution in [0.5, 0.6) is 0 Å². The molecular formula is C17H20N4. The molecule has 1 aromatic heterocycles. The molecule has 0 unspecified atom stereocenters. The summed E-state index contributed by atoms with van der Waals surface area (Å²) in [6, 6.07) is 13.9. The average Bonchev–Trinajstić information content (AvgIpc) is 2.45. The van der Waals surface area contributed by atoms with Gasteiger partial charge in [-0.15, -0.1) is 0 Å². The number of nitrogen functional groups attached to an aromatic ring is 1. The summed E-state index contributed by atoms with van der Waals surface area (Å²) in [5.74, 6) is 0.810. The average molecular weight is 280 g/mol. The Balaban J connectivity index is 2.38. The fourth-order valence-electron chi connectivity index (χ4n) is 2.25. The maximum absolute atomic E-state index is 9.12. The third-order valence-corrected chi connectivity index (χ3v) is 3.38. The van der Waals surface area contributed by atoms with Gasteiger partial charge < -0.3 is 10.6 Å². The molecule has 1 heterocycles. The van der Waals surface area contributed by atoms with Gasteiger partial charge in [0.05, 0.1) is 11.6 Å². The molecule has 0 atom stereocenters. The van der Waals surface area contributed by atoms with Gasteiger partial charge in [0.25, 0.3) is 0 Å². The van der Waals surface area contributed by atoms with E-state index in [-0.39, 0.29) is 6.04 Å². The fourth-order valence-corrected chi connectivity index (χ4v) is 2.25. The first-order chi connectivity index (χ1) is 10.0. The Labute approximate surface area is 125 Å². The van der Waals surface area contributed by atoms with E-state index in [1.165, 1.54) is 0 Å². The Hall–Kier alpha value is -2.54. The van der Waals surface area contributed by atoms with Gasteiger partial charge in [0.2, 0.25) is 0 Å². The zero-order chi connectivity index (χ0) is 15.4. The number of nitrogens with two attached hydrogens (primary N) is 1. The lowest BCUT2D eigenvalue weighted by atomic mass is 10.1. The molecule has 108 valence electrons. The predicted molar refractivity (Wildman–Crippen MR) is 85.9 cm³/mol. The highest BCUT2D eigenvalue weighted by molar-refractivity contribution is 5.52. The van der Waals surface area contributed by atoms with Gasteiger partial charge in [0.15, 0.2) is 0 Å². The number of anilines is 2. The summed E-state index contributed by atoms with van der Waals surface area (Å²) in [5.41, 5.74) is 9.34. The smallest absolute Gasteiger partial charge is 0.130 e. The first-order valence-corrected chi connectivity index (χ1v) is 7.00. The van der Waals surface area contributed by atoms with Crippen LogP contribution in [0.2, 0.25) is 0 Å². The molecule has 2 aromatic rings. The zero-order valence-electron chi connectivity index (χ0n) is 12.7. The van der Waals surface area contributed by atoms with Crippen LogP contribution in [0.15, 0.2) is 36.4 Å². The van der Waals surface area contributed by atoms with E-state index >= 15 is 0 Å². The molecule has 0 aliphatic heterocycles. The minimum Gasteiger partial charge on any atom is -0.398 e. The van der Waals surface area contributed by atoms with E-state index in [2.05, 4.69) is 29.8 Å². The normalized spacial score (nSPS) is 10.4. The molecule has 4 nitrogen and oxygen atoms in total. The van der Waals surface area contributed by atoms with Crippen LogP contribution in [-0.2, 0) is 6.54 Å². The van der Waals surface area contributed by atoms with Crippen LogP contribution in [0.4, 0.5) is 11.5 Å². The predicted octanol–water partition coefficient (Wildman–Crippen LogP) is 3.26. The molecule has 1 aromatic carbocycles. The van der Waals surface area contributed by atoms with E-state index in [4.69, 9.17) is 11.0 Å². The molecule has 0 amide bonds. The summed E-state index contributed by atoms with van der Waals surface area (Å²) < 4.78 is 0. The molecule has 0 saturated carbocycles. The highest BCUT2D eigenvalue weighted by Gasteiger charge is 2.15. The number of aryl methyl sites for hydroxylation is 1. The van der Waals surface area contributed by atoms with E-state index in [0.29, 0.717) is 12.1 Å². The summed E-state index contributed by atoms with van der Waals surface area (Å²) in [6.45, 7) is 6.79. The van der Waals surface area contributed by atoms with Crippen molar-refractivity contribution in [1.29, 1.82) is 5.26 Å². The van der Waals surface area contributed by atoms with Crippen LogP contribution in [-0.4, -0.2) is 11.0 Å². The lowest BCUT2D eigenvalue weighted by Gasteiger charge is -2.29. The van der Waals surface area contributed by atoms with Crippen LogP contribution in [0.25, 0.3) is 0 Å². The number of para-hydroxylation sites is 1. The van der Waals surface area contributed by atoms with E-state index in [1.807, 2.05) is 37.3 Å². The Morgan fingerprint density at radius 1 is 1.29 bits per heavy atom. The van der Waals surface area contributed by atoms with Crippen molar-refractivity contribution < 1.29 is 0 Å². The third-order valence-electron chi connectivity index (χ3n) is 3.38. The number of benzene rings is 1. The van der Waals surface area contributed by atoms with Crippen molar-refractivity contribution in [1.82, 2.24) is 4.98 Å². The molecule has 0 saturated heterocycles. The Morgan fingerprint density at radius 3 is 2.62 bits per heavy atom. The van der Waals surface area contributed by atoms with Crippen molar-refractivity contribution in [2.45, 2.75) is 33.4 Å². The second-order valence-electron chi connectivity index (χ2n) is 5.39. The minimum absolute atomic E-state index is 0.255.